The fraction of sp³-hybridized carbons (Fsp3) is 0.793. The first-order chi connectivity index (χ1) is 49.3. The van der Waals surface area contributed by atoms with Gasteiger partial charge in [0, 0.05) is 6.42 Å². The SMILES string of the molecule is CC/C=C\C/C=C\C/C=C\C/C=C\C/C=C\C/C=C\CCCCCCCCCCCCCCCCCCCCCCC(=O)NC(COC1OC(CO)C(OC2OC(CO)C(OC3OC(CO)C(O)C(O)C3O)C(O)C2O)C(O)C1O)C(O)/C=C/CC/C=C/CCCCCCCCCCCCC. The van der Waals surface area contributed by atoms with E-state index in [1.165, 1.54) is 173 Å². The standard InChI is InChI=1S/C82H143NO18/c1-3-5-7-9-11-13-15-17-19-21-22-23-24-25-26-27-28-29-30-31-32-33-34-35-36-37-38-39-40-41-42-44-46-48-50-52-54-56-58-60-70(88)83-65(66(87)59-57-55-53-51-49-47-45-43-20-18-16-14-12-10-8-6-4-2)64-96-80-76(94)73(91)78(68(62-85)98-80)101-82-77(95)74(92)79(69(63-86)99-82)100-81-75(93)72(90)71(89)67(61-84)97-81/h5,7,11,13,17,19,22-23,25-26,28-29,49,51,57,59,65-69,71-82,84-87,89-95H,3-4,6,8-10,12,14-16,18,20-21,24,27,30-48,50,52-56,58,60-64H2,1-2H3,(H,83,88)/b7-5-,13-11-,19-17-,23-22-,26-25-,29-28-,51-49+,59-57+. The molecular weight excluding hydrogens is 1290 g/mol. The van der Waals surface area contributed by atoms with Gasteiger partial charge in [-0.25, -0.2) is 0 Å². The van der Waals surface area contributed by atoms with Crippen molar-refractivity contribution in [1.82, 2.24) is 5.32 Å². The van der Waals surface area contributed by atoms with Gasteiger partial charge in [0.05, 0.1) is 38.6 Å². The molecule has 3 heterocycles. The van der Waals surface area contributed by atoms with Crippen molar-refractivity contribution in [2.75, 3.05) is 26.4 Å². The molecule has 3 fully saturated rings. The topological polar surface area (TPSA) is 307 Å². The molecule has 0 aromatic carbocycles. The van der Waals surface area contributed by atoms with Crippen molar-refractivity contribution in [3.05, 3.63) is 97.2 Å². The van der Waals surface area contributed by atoms with Crippen molar-refractivity contribution >= 4 is 5.91 Å². The van der Waals surface area contributed by atoms with Gasteiger partial charge in [0.2, 0.25) is 5.91 Å². The highest BCUT2D eigenvalue weighted by Crippen LogP contribution is 2.33. The van der Waals surface area contributed by atoms with Crippen molar-refractivity contribution in [1.29, 1.82) is 0 Å². The minimum atomic E-state index is -1.98. The number of carbonyl (C=O) groups excluding carboxylic acids is 1. The fourth-order valence-electron chi connectivity index (χ4n) is 13.0. The Morgan fingerprint density at radius 1 is 0.366 bits per heavy atom. The third-order valence-electron chi connectivity index (χ3n) is 19.4. The van der Waals surface area contributed by atoms with E-state index in [0.29, 0.717) is 12.8 Å². The zero-order valence-corrected chi connectivity index (χ0v) is 62.4. The maximum atomic E-state index is 13.5. The largest absolute Gasteiger partial charge is 0.394 e. The molecular formula is C82H143NO18. The highest BCUT2D eigenvalue weighted by Gasteiger charge is 2.54. The Morgan fingerprint density at radius 2 is 0.693 bits per heavy atom. The number of unbranched alkanes of at least 4 members (excludes halogenated alkanes) is 32. The molecule has 0 aliphatic carbocycles. The summed E-state index contributed by atoms with van der Waals surface area (Å²) in [5.41, 5.74) is 0. The molecule has 0 aromatic rings. The summed E-state index contributed by atoms with van der Waals surface area (Å²) in [6.07, 6.45) is 56.9. The van der Waals surface area contributed by atoms with E-state index in [2.05, 4.69) is 104 Å². The lowest BCUT2D eigenvalue weighted by Gasteiger charge is -2.48. The number of rotatable bonds is 62. The number of hydrogen-bond acceptors (Lipinski definition) is 18. The van der Waals surface area contributed by atoms with Crippen LogP contribution >= 0.6 is 0 Å². The molecule has 101 heavy (non-hydrogen) atoms. The van der Waals surface area contributed by atoms with Crippen molar-refractivity contribution in [3.63, 3.8) is 0 Å². The summed E-state index contributed by atoms with van der Waals surface area (Å²) in [7, 11) is 0. The van der Waals surface area contributed by atoms with Gasteiger partial charge >= 0.3 is 0 Å². The minimum Gasteiger partial charge on any atom is -0.394 e. The first kappa shape index (κ1) is 91.9. The summed E-state index contributed by atoms with van der Waals surface area (Å²) in [4.78, 5) is 13.5. The van der Waals surface area contributed by atoms with Gasteiger partial charge in [0.1, 0.15) is 73.2 Å². The van der Waals surface area contributed by atoms with Crippen LogP contribution in [0.3, 0.4) is 0 Å². The van der Waals surface area contributed by atoms with Crippen LogP contribution in [0.15, 0.2) is 97.2 Å². The number of nitrogens with one attached hydrogen (secondary N) is 1. The summed E-state index contributed by atoms with van der Waals surface area (Å²) in [5, 5.41) is 121. The molecule has 19 heteroatoms. The number of hydrogen-bond donors (Lipinski definition) is 12. The van der Waals surface area contributed by atoms with Crippen LogP contribution in [0.1, 0.15) is 284 Å². The maximum absolute atomic E-state index is 13.5. The van der Waals surface area contributed by atoms with E-state index in [0.717, 1.165) is 77.0 Å². The van der Waals surface area contributed by atoms with Crippen LogP contribution in [0.25, 0.3) is 0 Å². The third-order valence-corrected chi connectivity index (χ3v) is 19.4. The Hall–Kier alpha value is -3.29. The molecule has 3 saturated heterocycles. The number of allylic oxidation sites excluding steroid dienone is 15. The van der Waals surface area contributed by atoms with Crippen LogP contribution in [0.5, 0.6) is 0 Å². The van der Waals surface area contributed by atoms with E-state index >= 15 is 0 Å². The Balaban J connectivity index is 1.32. The van der Waals surface area contributed by atoms with E-state index in [9.17, 15) is 61.0 Å². The average molecular weight is 1430 g/mol. The van der Waals surface area contributed by atoms with Gasteiger partial charge in [0.25, 0.3) is 0 Å². The molecule has 17 unspecified atom stereocenters. The second kappa shape index (κ2) is 61.8. The molecule has 17 atom stereocenters. The summed E-state index contributed by atoms with van der Waals surface area (Å²) < 4.78 is 34.4. The minimum absolute atomic E-state index is 0.234. The molecule has 1 amide bonds. The van der Waals surface area contributed by atoms with E-state index in [4.69, 9.17) is 28.4 Å². The van der Waals surface area contributed by atoms with Crippen LogP contribution in [-0.2, 0) is 33.2 Å². The quantitative estimate of drug-likeness (QED) is 0.0199. The number of carbonyl (C=O) groups is 1. The Morgan fingerprint density at radius 3 is 1.11 bits per heavy atom. The van der Waals surface area contributed by atoms with E-state index < -0.39 is 124 Å². The molecule has 12 N–H and O–H groups in total. The van der Waals surface area contributed by atoms with Gasteiger partial charge in [-0.1, -0.05) is 291 Å². The van der Waals surface area contributed by atoms with Gasteiger partial charge in [-0.05, 0) is 83.5 Å². The van der Waals surface area contributed by atoms with Crippen molar-refractivity contribution in [2.24, 2.45) is 0 Å². The molecule has 0 radical (unpaired) electrons. The van der Waals surface area contributed by atoms with Crippen molar-refractivity contribution in [3.8, 4) is 0 Å². The van der Waals surface area contributed by atoms with E-state index in [-0.39, 0.29) is 18.9 Å². The van der Waals surface area contributed by atoms with Crippen LogP contribution in [0.4, 0.5) is 0 Å². The maximum Gasteiger partial charge on any atom is 0.220 e. The molecule has 584 valence electrons. The predicted molar refractivity (Wildman–Crippen MR) is 401 cm³/mol. The second-order valence-corrected chi connectivity index (χ2v) is 28.1. The monoisotopic (exact) mass is 1430 g/mol. The first-order valence-corrected chi connectivity index (χ1v) is 40.0. The highest BCUT2D eigenvalue weighted by molar-refractivity contribution is 5.76. The zero-order chi connectivity index (χ0) is 73.2. The molecule has 3 aliphatic heterocycles. The Kier molecular flexibility index (Phi) is 56.3. The lowest BCUT2D eigenvalue weighted by atomic mass is 9.96. The highest BCUT2D eigenvalue weighted by atomic mass is 16.8. The molecule has 0 spiro atoms. The second-order valence-electron chi connectivity index (χ2n) is 28.1. The third kappa shape index (κ3) is 42.0. The van der Waals surface area contributed by atoms with Crippen molar-refractivity contribution < 1.29 is 89.4 Å². The van der Waals surface area contributed by atoms with Crippen LogP contribution < -0.4 is 5.32 Å². The fourth-order valence-corrected chi connectivity index (χ4v) is 13.0. The predicted octanol–water partition coefficient (Wildman–Crippen LogP) is 13.2. The molecule has 0 aromatic heterocycles. The van der Waals surface area contributed by atoms with Gasteiger partial charge in [-0.3, -0.25) is 4.79 Å². The summed E-state index contributed by atoms with van der Waals surface area (Å²) in [6, 6.07) is -0.993. The number of amides is 1. The number of aliphatic hydroxyl groups excluding tert-OH is 11. The van der Waals surface area contributed by atoms with Crippen molar-refractivity contribution in [2.45, 2.75) is 388 Å². The van der Waals surface area contributed by atoms with Crippen LogP contribution in [0.2, 0.25) is 0 Å². The van der Waals surface area contributed by atoms with Gasteiger partial charge in [-0.2, -0.15) is 0 Å². The lowest BCUT2D eigenvalue weighted by molar-refractivity contribution is -0.379. The van der Waals surface area contributed by atoms with Gasteiger partial charge in [0.15, 0.2) is 18.9 Å². The summed E-state index contributed by atoms with van der Waals surface area (Å²) >= 11 is 0. The molecule has 3 aliphatic rings. The number of aliphatic hydroxyl groups is 11. The molecule has 0 saturated carbocycles. The average Bonchev–Trinajstić information content (AvgIpc) is 0.792. The Labute approximate surface area is 609 Å². The first-order valence-electron chi connectivity index (χ1n) is 40.0. The summed E-state index contributed by atoms with van der Waals surface area (Å²) in [6.45, 7) is 1.61. The Bertz CT molecular complexity index is 2200. The lowest BCUT2D eigenvalue weighted by Crippen LogP contribution is -2.66. The summed E-state index contributed by atoms with van der Waals surface area (Å²) in [5.74, 6) is -0.284. The van der Waals surface area contributed by atoms with Gasteiger partial charge in [-0.15, -0.1) is 0 Å². The normalized spacial score (nSPS) is 26.8. The van der Waals surface area contributed by atoms with Crippen LogP contribution in [0, 0.1) is 0 Å². The van der Waals surface area contributed by atoms with Gasteiger partial charge < -0.3 is 89.9 Å². The van der Waals surface area contributed by atoms with E-state index in [1.807, 2.05) is 6.08 Å². The zero-order valence-electron chi connectivity index (χ0n) is 62.4. The van der Waals surface area contributed by atoms with Crippen LogP contribution in [-0.4, -0.2) is 193 Å². The smallest absolute Gasteiger partial charge is 0.220 e. The molecule has 0 bridgehead atoms. The van der Waals surface area contributed by atoms with E-state index in [1.54, 1.807) is 6.08 Å². The number of ether oxygens (including phenoxy) is 6. The molecule has 3 rings (SSSR count). The molecule has 19 nitrogen and oxygen atoms in total.